The number of thioether (sulfide) groups is 1. The number of hydrogen-bond donors (Lipinski definition) is 0. The highest BCUT2D eigenvalue weighted by Gasteiger charge is 2.53. The van der Waals surface area contributed by atoms with Crippen LogP contribution < -0.4 is 4.74 Å². The molecule has 3 fully saturated rings. The third kappa shape index (κ3) is 3.23. The monoisotopic (exact) mass is 403 g/mol. The predicted molar refractivity (Wildman–Crippen MR) is 106 cm³/mol. The van der Waals surface area contributed by atoms with E-state index in [0.717, 1.165) is 6.42 Å². The Kier molecular flexibility index (Phi) is 4.99. The Morgan fingerprint density at radius 1 is 1.18 bits per heavy atom. The number of benzene rings is 1. The minimum atomic E-state index is -0.370. The van der Waals surface area contributed by atoms with Crippen molar-refractivity contribution in [3.8, 4) is 5.75 Å². The van der Waals surface area contributed by atoms with Gasteiger partial charge < -0.3 is 19.4 Å². The third-order valence-electron chi connectivity index (χ3n) is 5.93. The average molecular weight is 404 g/mol. The zero-order valence-corrected chi connectivity index (χ0v) is 17.0. The van der Waals surface area contributed by atoms with Crippen molar-refractivity contribution in [2.45, 2.75) is 30.7 Å². The fraction of sp³-hybridized carbons (Fsp3) is 0.550. The van der Waals surface area contributed by atoms with E-state index in [1.165, 1.54) is 0 Å². The zero-order chi connectivity index (χ0) is 19.9. The largest absolute Gasteiger partial charge is 0.497 e. The first-order chi connectivity index (χ1) is 13.4. The molecule has 0 aromatic heterocycles. The molecule has 3 saturated heterocycles. The van der Waals surface area contributed by atoms with Crippen LogP contribution in [-0.2, 0) is 9.59 Å². The van der Waals surface area contributed by atoms with Crippen LogP contribution in [0.15, 0.2) is 24.3 Å². The van der Waals surface area contributed by atoms with Crippen LogP contribution >= 0.6 is 11.8 Å². The number of nitrogens with zero attached hydrogens (tertiary/aromatic N) is 3. The van der Waals surface area contributed by atoms with Crippen molar-refractivity contribution in [1.29, 1.82) is 0 Å². The first-order valence-corrected chi connectivity index (χ1v) is 10.6. The molecule has 0 radical (unpaired) electrons. The lowest BCUT2D eigenvalue weighted by molar-refractivity contribution is -0.144. The van der Waals surface area contributed by atoms with Gasteiger partial charge in [0, 0.05) is 43.9 Å². The first-order valence-electron chi connectivity index (χ1n) is 9.61. The molecular formula is C20H25N3O4S. The highest BCUT2D eigenvalue weighted by Crippen LogP contribution is 2.47. The van der Waals surface area contributed by atoms with Gasteiger partial charge in [-0.15, -0.1) is 11.8 Å². The highest BCUT2D eigenvalue weighted by atomic mass is 32.2. The fourth-order valence-corrected chi connectivity index (χ4v) is 5.71. The Hall–Kier alpha value is -2.22. The lowest BCUT2D eigenvalue weighted by Crippen LogP contribution is -2.56. The predicted octanol–water partition coefficient (Wildman–Crippen LogP) is 1.43. The van der Waals surface area contributed by atoms with Crippen LogP contribution in [0.2, 0.25) is 0 Å². The number of amides is 3. The number of hydrogen-bond acceptors (Lipinski definition) is 5. The Labute approximate surface area is 169 Å². The van der Waals surface area contributed by atoms with Crippen molar-refractivity contribution in [1.82, 2.24) is 14.7 Å². The Balaban J connectivity index is 1.38. The second kappa shape index (κ2) is 7.31. The molecule has 0 aliphatic carbocycles. The normalized spacial score (nSPS) is 27.1. The van der Waals surface area contributed by atoms with Gasteiger partial charge in [0.25, 0.3) is 5.91 Å². The summed E-state index contributed by atoms with van der Waals surface area (Å²) in [4.78, 5) is 43.2. The molecule has 28 heavy (non-hydrogen) atoms. The molecule has 2 unspecified atom stereocenters. The summed E-state index contributed by atoms with van der Waals surface area (Å²) < 4.78 is 5.19. The summed E-state index contributed by atoms with van der Waals surface area (Å²) in [5.41, 5.74) is 0.588. The molecule has 1 aromatic rings. The quantitative estimate of drug-likeness (QED) is 0.764. The fourth-order valence-electron chi connectivity index (χ4n) is 4.28. The van der Waals surface area contributed by atoms with Gasteiger partial charge in [-0.1, -0.05) is 6.07 Å². The second-order valence-electron chi connectivity index (χ2n) is 7.62. The van der Waals surface area contributed by atoms with Crippen molar-refractivity contribution in [2.24, 2.45) is 0 Å². The minimum Gasteiger partial charge on any atom is -0.497 e. The zero-order valence-electron chi connectivity index (χ0n) is 16.2. The molecule has 3 amide bonds. The molecule has 0 spiro atoms. The van der Waals surface area contributed by atoms with E-state index in [1.54, 1.807) is 57.8 Å². The van der Waals surface area contributed by atoms with Gasteiger partial charge in [-0.2, -0.15) is 0 Å². The van der Waals surface area contributed by atoms with E-state index < -0.39 is 0 Å². The van der Waals surface area contributed by atoms with E-state index >= 15 is 0 Å². The minimum absolute atomic E-state index is 0.0138. The topological polar surface area (TPSA) is 70.2 Å². The number of carbonyl (C=O) groups excluding carboxylic acids is 3. The first kappa shape index (κ1) is 19.1. The number of fused-ring (bicyclic) bond motifs is 1. The van der Waals surface area contributed by atoms with Crippen LogP contribution in [0, 0.1) is 0 Å². The maximum atomic E-state index is 13.1. The van der Waals surface area contributed by atoms with E-state index in [-0.39, 0.29) is 28.6 Å². The van der Waals surface area contributed by atoms with Gasteiger partial charge in [-0.25, -0.2) is 0 Å². The summed E-state index contributed by atoms with van der Waals surface area (Å²) in [6.07, 6.45) is 1.33. The van der Waals surface area contributed by atoms with Crippen molar-refractivity contribution in [2.75, 3.05) is 39.0 Å². The number of rotatable bonds is 3. The summed E-state index contributed by atoms with van der Waals surface area (Å²) in [5.74, 6) is 1.35. The summed E-state index contributed by atoms with van der Waals surface area (Å²) in [6.45, 7) is 4.03. The molecule has 4 rings (SSSR count). The van der Waals surface area contributed by atoms with E-state index in [1.807, 2.05) is 0 Å². The number of piperazine rings is 1. The molecule has 0 bridgehead atoms. The van der Waals surface area contributed by atoms with Gasteiger partial charge >= 0.3 is 0 Å². The number of methoxy groups -OCH3 is 1. The van der Waals surface area contributed by atoms with Crippen LogP contribution in [0.3, 0.4) is 0 Å². The molecule has 150 valence electrons. The van der Waals surface area contributed by atoms with Gasteiger partial charge in [0.2, 0.25) is 11.8 Å². The van der Waals surface area contributed by atoms with E-state index in [4.69, 9.17) is 4.74 Å². The summed E-state index contributed by atoms with van der Waals surface area (Å²) in [6, 6.07) is 6.74. The van der Waals surface area contributed by atoms with Gasteiger partial charge in [0.05, 0.1) is 12.0 Å². The lowest BCUT2D eigenvalue weighted by atomic mass is 10.1. The number of carbonyl (C=O) groups is 3. The van der Waals surface area contributed by atoms with Crippen LogP contribution in [0.25, 0.3) is 0 Å². The van der Waals surface area contributed by atoms with Crippen molar-refractivity contribution in [3.63, 3.8) is 0 Å². The molecular weight excluding hydrogens is 378 g/mol. The molecule has 3 aliphatic rings. The van der Waals surface area contributed by atoms with Gasteiger partial charge in [0.1, 0.15) is 11.8 Å². The molecule has 1 aromatic carbocycles. The highest BCUT2D eigenvalue weighted by molar-refractivity contribution is 8.01. The van der Waals surface area contributed by atoms with E-state index in [0.29, 0.717) is 49.7 Å². The SMILES string of the molecule is COc1cccc(C(=O)N2CCN(C(=O)C3CSC4(C)CCC(=O)N34)CC2)c1. The van der Waals surface area contributed by atoms with Gasteiger partial charge in [0.15, 0.2) is 0 Å². The lowest BCUT2D eigenvalue weighted by Gasteiger charge is -2.38. The van der Waals surface area contributed by atoms with E-state index in [2.05, 4.69) is 6.92 Å². The maximum absolute atomic E-state index is 13.1. The van der Waals surface area contributed by atoms with Crippen LogP contribution in [0.4, 0.5) is 0 Å². The average Bonchev–Trinajstić information content (AvgIpc) is 3.22. The standard InChI is InChI=1S/C20H25N3O4S/c1-20-7-6-17(24)23(20)16(13-28-20)19(26)22-10-8-21(9-11-22)18(25)14-4-3-5-15(12-14)27-2/h3-5,12,16H,6-11,13H2,1-2H3. The van der Waals surface area contributed by atoms with Crippen LogP contribution in [0.5, 0.6) is 5.75 Å². The molecule has 3 heterocycles. The molecule has 8 heteroatoms. The maximum Gasteiger partial charge on any atom is 0.254 e. The van der Waals surface area contributed by atoms with Crippen molar-refractivity contribution < 1.29 is 19.1 Å². The van der Waals surface area contributed by atoms with Crippen molar-refractivity contribution >= 4 is 29.5 Å². The second-order valence-corrected chi connectivity index (χ2v) is 9.12. The molecule has 7 nitrogen and oxygen atoms in total. The Morgan fingerprint density at radius 2 is 1.89 bits per heavy atom. The summed E-state index contributed by atoms with van der Waals surface area (Å²) >= 11 is 1.71. The third-order valence-corrected chi connectivity index (χ3v) is 7.43. The van der Waals surface area contributed by atoms with Gasteiger partial charge in [-0.3, -0.25) is 14.4 Å². The molecule has 0 saturated carbocycles. The molecule has 0 N–H and O–H groups in total. The molecule has 3 aliphatic heterocycles. The van der Waals surface area contributed by atoms with Crippen molar-refractivity contribution in [3.05, 3.63) is 29.8 Å². The molecule has 2 atom stereocenters. The van der Waals surface area contributed by atoms with E-state index in [9.17, 15) is 14.4 Å². The summed E-state index contributed by atoms with van der Waals surface area (Å²) in [5, 5.41) is 0. The number of ether oxygens (including phenoxy) is 1. The van der Waals surface area contributed by atoms with Crippen LogP contribution in [-0.4, -0.2) is 82.4 Å². The Morgan fingerprint density at radius 3 is 2.61 bits per heavy atom. The van der Waals surface area contributed by atoms with Gasteiger partial charge in [-0.05, 0) is 31.5 Å². The smallest absolute Gasteiger partial charge is 0.254 e. The van der Waals surface area contributed by atoms with Crippen LogP contribution in [0.1, 0.15) is 30.1 Å². The Bertz CT molecular complexity index is 808. The summed E-state index contributed by atoms with van der Waals surface area (Å²) in [7, 11) is 1.57.